The number of nitrogens with one attached hydrogen (secondary N) is 1. The van der Waals surface area contributed by atoms with Crippen molar-refractivity contribution >= 4 is 5.91 Å². The third-order valence-electron chi connectivity index (χ3n) is 3.26. The second-order valence-electron chi connectivity index (χ2n) is 5.01. The average Bonchev–Trinajstić information content (AvgIpc) is 2.72. The Hall–Kier alpha value is -0.610. The summed E-state index contributed by atoms with van der Waals surface area (Å²) in [7, 11) is 0. The Kier molecular flexibility index (Phi) is 5.22. The lowest BCUT2D eigenvalue weighted by Crippen LogP contribution is -2.39. The Bertz CT molecular complexity index is 231. The molecule has 4 heteroatoms. The zero-order valence-electron chi connectivity index (χ0n) is 10.5. The number of hydrogen-bond donors (Lipinski definition) is 2. The third-order valence-corrected chi connectivity index (χ3v) is 3.26. The first-order valence-electron chi connectivity index (χ1n) is 6.15. The van der Waals surface area contributed by atoms with Crippen molar-refractivity contribution in [2.24, 2.45) is 23.5 Å². The van der Waals surface area contributed by atoms with Crippen molar-refractivity contribution in [1.82, 2.24) is 5.32 Å². The van der Waals surface area contributed by atoms with E-state index in [1.165, 1.54) is 0 Å². The van der Waals surface area contributed by atoms with Crippen LogP contribution in [0.25, 0.3) is 0 Å². The molecule has 3 atom stereocenters. The van der Waals surface area contributed by atoms with Gasteiger partial charge in [-0.3, -0.25) is 4.79 Å². The molecule has 3 unspecified atom stereocenters. The number of amides is 1. The summed E-state index contributed by atoms with van der Waals surface area (Å²) in [5.41, 5.74) is 5.45. The number of carbonyl (C=O) groups excluding carboxylic acids is 1. The highest BCUT2D eigenvalue weighted by atomic mass is 16.5. The van der Waals surface area contributed by atoms with Crippen molar-refractivity contribution in [1.29, 1.82) is 0 Å². The van der Waals surface area contributed by atoms with E-state index in [-0.39, 0.29) is 17.9 Å². The van der Waals surface area contributed by atoms with Crippen molar-refractivity contribution < 1.29 is 9.53 Å². The van der Waals surface area contributed by atoms with Gasteiger partial charge in [-0.2, -0.15) is 0 Å². The Labute approximate surface area is 97.9 Å². The van der Waals surface area contributed by atoms with Crippen molar-refractivity contribution in [2.75, 3.05) is 19.7 Å². The fourth-order valence-corrected chi connectivity index (χ4v) is 2.12. The van der Waals surface area contributed by atoms with Crippen LogP contribution in [0.3, 0.4) is 0 Å². The van der Waals surface area contributed by atoms with Crippen molar-refractivity contribution in [2.45, 2.75) is 33.3 Å². The van der Waals surface area contributed by atoms with Crippen LogP contribution in [0.2, 0.25) is 0 Å². The van der Waals surface area contributed by atoms with E-state index in [0.717, 1.165) is 13.0 Å². The van der Waals surface area contributed by atoms with Crippen LogP contribution in [0.15, 0.2) is 0 Å². The second-order valence-corrected chi connectivity index (χ2v) is 5.01. The normalized spacial score (nSPS) is 27.1. The van der Waals surface area contributed by atoms with E-state index in [9.17, 15) is 4.79 Å². The molecule has 4 nitrogen and oxygen atoms in total. The highest BCUT2D eigenvalue weighted by Gasteiger charge is 2.30. The lowest BCUT2D eigenvalue weighted by atomic mass is 9.93. The molecule has 1 amide bonds. The number of rotatable bonds is 5. The zero-order chi connectivity index (χ0) is 12.1. The summed E-state index contributed by atoms with van der Waals surface area (Å²) in [5, 5.41) is 2.96. The van der Waals surface area contributed by atoms with Gasteiger partial charge in [-0.1, -0.05) is 20.8 Å². The maximum absolute atomic E-state index is 11.6. The smallest absolute Gasteiger partial charge is 0.224 e. The molecule has 1 fully saturated rings. The van der Waals surface area contributed by atoms with Crippen LogP contribution in [-0.2, 0) is 9.53 Å². The molecule has 0 aromatic heterocycles. The fraction of sp³-hybridized carbons (Fsp3) is 0.917. The summed E-state index contributed by atoms with van der Waals surface area (Å²) >= 11 is 0. The van der Waals surface area contributed by atoms with Crippen LogP contribution in [0.1, 0.15) is 27.2 Å². The van der Waals surface area contributed by atoms with E-state index in [2.05, 4.69) is 19.2 Å². The van der Waals surface area contributed by atoms with Gasteiger partial charge in [0.25, 0.3) is 0 Å². The summed E-state index contributed by atoms with van der Waals surface area (Å²) in [6, 6.07) is 0. The van der Waals surface area contributed by atoms with Gasteiger partial charge in [0.05, 0.1) is 6.10 Å². The van der Waals surface area contributed by atoms with Gasteiger partial charge in [0.2, 0.25) is 5.91 Å². The largest absolute Gasteiger partial charge is 0.378 e. The maximum atomic E-state index is 11.6. The first-order valence-corrected chi connectivity index (χ1v) is 6.15. The quantitative estimate of drug-likeness (QED) is 0.730. The molecule has 0 radical (unpaired) electrons. The van der Waals surface area contributed by atoms with Crippen LogP contribution in [-0.4, -0.2) is 31.7 Å². The summed E-state index contributed by atoms with van der Waals surface area (Å²) in [6.07, 6.45) is 1.33. The molecular formula is C12H24N2O2. The molecule has 1 heterocycles. The molecule has 16 heavy (non-hydrogen) atoms. The summed E-state index contributed by atoms with van der Waals surface area (Å²) in [5.74, 6) is 0.919. The first kappa shape index (κ1) is 13.5. The molecule has 1 rings (SSSR count). The molecule has 0 aliphatic carbocycles. The number of nitrogens with two attached hydrogens (primary N) is 1. The average molecular weight is 228 g/mol. The van der Waals surface area contributed by atoms with E-state index in [1.807, 2.05) is 6.92 Å². The van der Waals surface area contributed by atoms with Gasteiger partial charge >= 0.3 is 0 Å². The molecule has 0 saturated carbocycles. The van der Waals surface area contributed by atoms with Crippen molar-refractivity contribution in [3.05, 3.63) is 0 Å². The topological polar surface area (TPSA) is 64.4 Å². The van der Waals surface area contributed by atoms with Crippen molar-refractivity contribution in [3.8, 4) is 0 Å². The minimum atomic E-state index is -0.0974. The molecule has 0 aromatic rings. The molecule has 0 spiro atoms. The number of hydrogen-bond acceptors (Lipinski definition) is 3. The SMILES string of the molecule is CC(CN)C(=O)NCC1CCOC1C(C)C. The van der Waals surface area contributed by atoms with E-state index in [4.69, 9.17) is 10.5 Å². The van der Waals surface area contributed by atoms with E-state index in [1.54, 1.807) is 0 Å². The van der Waals surface area contributed by atoms with Gasteiger partial charge in [0.1, 0.15) is 0 Å². The van der Waals surface area contributed by atoms with Gasteiger partial charge < -0.3 is 15.8 Å². The number of ether oxygens (including phenoxy) is 1. The Morgan fingerprint density at radius 3 is 2.75 bits per heavy atom. The molecule has 94 valence electrons. The lowest BCUT2D eigenvalue weighted by molar-refractivity contribution is -0.124. The molecule has 0 bridgehead atoms. The Morgan fingerprint density at radius 1 is 1.50 bits per heavy atom. The van der Waals surface area contributed by atoms with E-state index >= 15 is 0 Å². The lowest BCUT2D eigenvalue weighted by Gasteiger charge is -2.22. The standard InChI is InChI=1S/C12H24N2O2/c1-8(2)11-10(4-5-16-11)7-14-12(15)9(3)6-13/h8-11H,4-7,13H2,1-3H3,(H,14,15). The maximum Gasteiger partial charge on any atom is 0.224 e. The molecule has 1 saturated heterocycles. The Balaban J connectivity index is 2.34. The highest BCUT2D eigenvalue weighted by Crippen LogP contribution is 2.26. The Morgan fingerprint density at radius 2 is 2.19 bits per heavy atom. The van der Waals surface area contributed by atoms with Crippen LogP contribution in [0, 0.1) is 17.8 Å². The monoisotopic (exact) mass is 228 g/mol. The van der Waals surface area contributed by atoms with Crippen LogP contribution in [0.4, 0.5) is 0 Å². The minimum Gasteiger partial charge on any atom is -0.378 e. The third kappa shape index (κ3) is 3.46. The van der Waals surface area contributed by atoms with E-state index in [0.29, 0.717) is 24.9 Å². The van der Waals surface area contributed by atoms with Gasteiger partial charge in [-0.15, -0.1) is 0 Å². The summed E-state index contributed by atoms with van der Waals surface area (Å²) in [4.78, 5) is 11.6. The van der Waals surface area contributed by atoms with Crippen LogP contribution in [0.5, 0.6) is 0 Å². The predicted molar refractivity (Wildman–Crippen MR) is 63.9 cm³/mol. The molecular weight excluding hydrogens is 204 g/mol. The fourth-order valence-electron chi connectivity index (χ4n) is 2.12. The summed E-state index contributed by atoms with van der Waals surface area (Å²) < 4.78 is 5.67. The summed E-state index contributed by atoms with van der Waals surface area (Å²) in [6.45, 7) is 8.10. The molecule has 3 N–H and O–H groups in total. The molecule has 0 aromatic carbocycles. The zero-order valence-corrected chi connectivity index (χ0v) is 10.5. The van der Waals surface area contributed by atoms with Gasteiger partial charge in [-0.05, 0) is 12.3 Å². The highest BCUT2D eigenvalue weighted by molar-refractivity contribution is 5.78. The van der Waals surface area contributed by atoms with Gasteiger partial charge in [-0.25, -0.2) is 0 Å². The predicted octanol–water partition coefficient (Wildman–Crippen LogP) is 0.759. The van der Waals surface area contributed by atoms with Gasteiger partial charge in [0.15, 0.2) is 0 Å². The molecule has 1 aliphatic rings. The van der Waals surface area contributed by atoms with E-state index < -0.39 is 0 Å². The first-order chi connectivity index (χ1) is 7.56. The molecule has 1 aliphatic heterocycles. The van der Waals surface area contributed by atoms with Crippen LogP contribution < -0.4 is 11.1 Å². The van der Waals surface area contributed by atoms with Crippen molar-refractivity contribution in [3.63, 3.8) is 0 Å². The minimum absolute atomic E-state index is 0.0527. The second kappa shape index (κ2) is 6.21. The number of carbonyl (C=O) groups is 1. The van der Waals surface area contributed by atoms with Gasteiger partial charge in [0, 0.05) is 31.5 Å². The van der Waals surface area contributed by atoms with Crippen LogP contribution >= 0.6 is 0 Å².